The van der Waals surface area contributed by atoms with Gasteiger partial charge >= 0.3 is 0 Å². The quantitative estimate of drug-likeness (QED) is 0.925. The maximum Gasteiger partial charge on any atom is 0.229 e. The molecule has 0 aromatic heterocycles. The third-order valence-electron chi connectivity index (χ3n) is 7.37. The first kappa shape index (κ1) is 13.9. The molecule has 24 heavy (non-hydrogen) atoms. The second-order valence-corrected chi connectivity index (χ2v) is 8.64. The van der Waals surface area contributed by atoms with Crippen LogP contribution in [0.2, 0.25) is 0 Å². The summed E-state index contributed by atoms with van der Waals surface area (Å²) in [5.41, 5.74) is 1.70. The minimum atomic E-state index is -0.625. The number of aryl methyl sites for hydroxylation is 1. The lowest BCUT2D eigenvalue weighted by Gasteiger charge is -2.39. The lowest BCUT2D eigenvalue weighted by molar-refractivity contribution is -0.183. The summed E-state index contributed by atoms with van der Waals surface area (Å²) in [5, 5.41) is 10.6. The highest BCUT2D eigenvalue weighted by Crippen LogP contribution is 2.70. The molecule has 126 valence electrons. The number of benzene rings is 1. The van der Waals surface area contributed by atoms with E-state index in [0.29, 0.717) is 11.8 Å². The Kier molecular flexibility index (Phi) is 2.44. The maximum atomic E-state index is 13.3. The third kappa shape index (κ3) is 1.42. The molecular formula is C20H23NO3. The highest BCUT2D eigenvalue weighted by molar-refractivity contribution is 5.85. The predicted octanol–water partition coefficient (Wildman–Crippen LogP) is 2.04. The molecule has 2 bridgehead atoms. The van der Waals surface area contributed by atoms with E-state index < -0.39 is 11.8 Å². The van der Waals surface area contributed by atoms with Crippen LogP contribution in [0.1, 0.15) is 30.4 Å². The van der Waals surface area contributed by atoms with Gasteiger partial charge in [-0.3, -0.25) is 4.79 Å². The van der Waals surface area contributed by atoms with Gasteiger partial charge in [0.25, 0.3) is 0 Å². The van der Waals surface area contributed by atoms with Crippen LogP contribution >= 0.6 is 0 Å². The summed E-state index contributed by atoms with van der Waals surface area (Å²) in [6, 6.07) is 8.50. The van der Waals surface area contributed by atoms with Gasteiger partial charge in [0.05, 0.1) is 18.1 Å². The molecule has 0 radical (unpaired) electrons. The normalized spacial score (nSPS) is 47.9. The Hall–Kier alpha value is -1.39. The first-order valence-corrected chi connectivity index (χ1v) is 9.36. The van der Waals surface area contributed by atoms with Crippen LogP contribution in [0.25, 0.3) is 0 Å². The highest BCUT2D eigenvalue weighted by Gasteiger charge is 2.78. The van der Waals surface area contributed by atoms with E-state index in [1.54, 1.807) is 0 Å². The molecule has 1 amide bonds. The van der Waals surface area contributed by atoms with Crippen LogP contribution in [-0.4, -0.2) is 34.7 Å². The molecule has 0 spiro atoms. The number of fused-ring (bicyclic) bond motifs is 2. The fourth-order valence-electron chi connectivity index (χ4n) is 6.22. The predicted molar refractivity (Wildman–Crippen MR) is 86.8 cm³/mol. The van der Waals surface area contributed by atoms with Crippen LogP contribution in [0.3, 0.4) is 0 Å². The molecule has 4 nitrogen and oxygen atoms in total. The molecule has 6 rings (SSSR count). The fraction of sp³-hybridized carbons (Fsp3) is 0.650. The van der Waals surface area contributed by atoms with E-state index in [9.17, 15) is 9.90 Å². The fourth-order valence-corrected chi connectivity index (χ4v) is 6.22. The summed E-state index contributed by atoms with van der Waals surface area (Å²) in [6.45, 7) is 2.91. The van der Waals surface area contributed by atoms with Crippen LogP contribution in [-0.2, 0) is 15.3 Å². The Morgan fingerprint density at radius 2 is 2.00 bits per heavy atom. The second-order valence-electron chi connectivity index (χ2n) is 8.64. The minimum Gasteiger partial charge on any atom is -0.390 e. The molecule has 2 aliphatic heterocycles. The number of likely N-dealkylation sites (tertiary alicyclic amines) is 1. The molecular weight excluding hydrogens is 302 g/mol. The number of ether oxygens (including phenoxy) is 1. The first-order chi connectivity index (χ1) is 11.6. The zero-order valence-electron chi connectivity index (χ0n) is 13.9. The Morgan fingerprint density at radius 3 is 2.71 bits per heavy atom. The van der Waals surface area contributed by atoms with Gasteiger partial charge in [-0.15, -0.1) is 0 Å². The van der Waals surface area contributed by atoms with Crippen molar-refractivity contribution in [2.45, 2.75) is 44.1 Å². The topological polar surface area (TPSA) is 49.8 Å². The molecule has 1 N–H and O–H groups in total. The number of rotatable bonds is 3. The van der Waals surface area contributed by atoms with Crippen molar-refractivity contribution in [2.75, 3.05) is 6.54 Å². The lowest BCUT2D eigenvalue weighted by Crippen LogP contribution is -2.49. The van der Waals surface area contributed by atoms with Gasteiger partial charge in [-0.25, -0.2) is 0 Å². The molecule has 1 aromatic rings. The van der Waals surface area contributed by atoms with Crippen LogP contribution in [0, 0.1) is 36.5 Å². The lowest BCUT2D eigenvalue weighted by atomic mass is 9.75. The number of aliphatic hydroxyl groups excluding tert-OH is 1. The van der Waals surface area contributed by atoms with Crippen molar-refractivity contribution < 1.29 is 14.6 Å². The van der Waals surface area contributed by atoms with E-state index in [4.69, 9.17) is 4.74 Å². The third-order valence-corrected chi connectivity index (χ3v) is 7.37. The Labute approximate surface area is 141 Å². The minimum absolute atomic E-state index is 0.0381. The van der Waals surface area contributed by atoms with Crippen molar-refractivity contribution in [1.29, 1.82) is 0 Å². The van der Waals surface area contributed by atoms with Crippen molar-refractivity contribution in [1.82, 2.24) is 4.90 Å². The highest BCUT2D eigenvalue weighted by atomic mass is 16.6. The summed E-state index contributed by atoms with van der Waals surface area (Å²) in [4.78, 5) is 15.4. The summed E-state index contributed by atoms with van der Waals surface area (Å²) >= 11 is 0. The van der Waals surface area contributed by atoms with Gasteiger partial charge in [-0.2, -0.15) is 0 Å². The number of hydrogen-bond acceptors (Lipinski definition) is 3. The molecule has 7 unspecified atom stereocenters. The van der Waals surface area contributed by atoms with Crippen LogP contribution in [0.5, 0.6) is 0 Å². The Balaban J connectivity index is 1.53. The van der Waals surface area contributed by atoms with E-state index >= 15 is 0 Å². The van der Waals surface area contributed by atoms with Crippen molar-refractivity contribution in [3.05, 3.63) is 35.4 Å². The first-order valence-electron chi connectivity index (χ1n) is 9.36. The average Bonchev–Trinajstić information content (AvgIpc) is 3.04. The molecule has 7 atom stereocenters. The van der Waals surface area contributed by atoms with Gasteiger partial charge in [0, 0.05) is 18.0 Å². The molecule has 2 saturated heterocycles. The molecule has 3 aliphatic carbocycles. The smallest absolute Gasteiger partial charge is 0.229 e. The number of carbonyl (C=O) groups excluding carboxylic acids is 1. The second kappa shape index (κ2) is 4.23. The summed E-state index contributed by atoms with van der Waals surface area (Å²) in [7, 11) is 0. The van der Waals surface area contributed by atoms with Crippen molar-refractivity contribution in [3.8, 4) is 0 Å². The monoisotopic (exact) mass is 325 g/mol. The Bertz CT molecular complexity index is 727. The van der Waals surface area contributed by atoms with E-state index in [1.165, 1.54) is 18.4 Å². The molecule has 3 saturated carbocycles. The van der Waals surface area contributed by atoms with Gasteiger partial charge in [0.1, 0.15) is 0 Å². The molecule has 5 aliphatic rings. The number of carbonyl (C=O) groups is 1. The summed E-state index contributed by atoms with van der Waals surface area (Å²) in [5.74, 6) is 1.50. The van der Waals surface area contributed by atoms with Gasteiger partial charge in [-0.05, 0) is 43.9 Å². The number of nitrogens with zero attached hydrogens (tertiary/aromatic N) is 1. The molecule has 1 aromatic carbocycles. The van der Waals surface area contributed by atoms with Gasteiger partial charge in [-0.1, -0.05) is 29.8 Å². The summed E-state index contributed by atoms with van der Waals surface area (Å²) < 4.78 is 6.62. The van der Waals surface area contributed by atoms with Gasteiger partial charge in [0.15, 0.2) is 5.72 Å². The van der Waals surface area contributed by atoms with Crippen molar-refractivity contribution >= 4 is 5.91 Å². The number of hydrogen-bond donors (Lipinski definition) is 1. The molecule has 5 fully saturated rings. The largest absolute Gasteiger partial charge is 0.390 e. The SMILES string of the molecule is Cc1ccc(C23OC4C(O)C5CC4C2C5C(=O)N3CC2CC2)cc1. The van der Waals surface area contributed by atoms with Gasteiger partial charge in [0.2, 0.25) is 5.91 Å². The average molecular weight is 325 g/mol. The van der Waals surface area contributed by atoms with Crippen LogP contribution in [0.4, 0.5) is 0 Å². The van der Waals surface area contributed by atoms with Crippen molar-refractivity contribution in [2.24, 2.45) is 29.6 Å². The maximum absolute atomic E-state index is 13.3. The van der Waals surface area contributed by atoms with Crippen molar-refractivity contribution in [3.63, 3.8) is 0 Å². The standard InChI is InChI=1S/C20H23NO3/c1-10-2-6-12(7-3-10)20-16-14-8-13(17(22)18(14)24-20)15(16)19(23)21(20)9-11-4-5-11/h2-3,6-7,11,13-18,22H,4-5,8-9H2,1H3. The summed E-state index contributed by atoms with van der Waals surface area (Å²) in [6.07, 6.45) is 2.85. The zero-order chi connectivity index (χ0) is 16.2. The zero-order valence-corrected chi connectivity index (χ0v) is 13.9. The van der Waals surface area contributed by atoms with Crippen LogP contribution in [0.15, 0.2) is 24.3 Å². The van der Waals surface area contributed by atoms with E-state index in [2.05, 4.69) is 36.1 Å². The van der Waals surface area contributed by atoms with E-state index in [1.807, 2.05) is 0 Å². The van der Waals surface area contributed by atoms with E-state index in [-0.39, 0.29) is 29.8 Å². The molecule has 4 heteroatoms. The van der Waals surface area contributed by atoms with Crippen LogP contribution < -0.4 is 0 Å². The number of amides is 1. The van der Waals surface area contributed by atoms with Gasteiger partial charge < -0.3 is 14.7 Å². The Morgan fingerprint density at radius 1 is 1.25 bits per heavy atom. The molecule has 2 heterocycles. The van der Waals surface area contributed by atoms with E-state index in [0.717, 1.165) is 18.5 Å². The number of aliphatic hydroxyl groups is 1.